The van der Waals surface area contributed by atoms with Crippen molar-refractivity contribution in [1.82, 2.24) is 4.90 Å². The van der Waals surface area contributed by atoms with E-state index in [0.717, 1.165) is 24.7 Å². The van der Waals surface area contributed by atoms with Gasteiger partial charge >= 0.3 is 0 Å². The Morgan fingerprint density at radius 3 is 2.47 bits per heavy atom. The predicted octanol–water partition coefficient (Wildman–Crippen LogP) is 3.98. The van der Waals surface area contributed by atoms with Crippen LogP contribution in [-0.4, -0.2) is 28.7 Å². The molecule has 1 aliphatic carbocycles. The van der Waals surface area contributed by atoms with Crippen molar-refractivity contribution >= 4 is 21.8 Å². The molecule has 1 saturated carbocycles. The van der Waals surface area contributed by atoms with E-state index in [1.54, 1.807) is 0 Å². The molecule has 0 aromatic rings. The largest absolute Gasteiger partial charge is 0.340 e. The Balaban J connectivity index is 2.40. The molecule has 0 bridgehead atoms. The lowest BCUT2D eigenvalue weighted by Crippen LogP contribution is -2.38. The number of alkyl halides is 1. The van der Waals surface area contributed by atoms with Crippen molar-refractivity contribution in [3.8, 4) is 0 Å². The Labute approximate surface area is 114 Å². The third-order valence-corrected chi connectivity index (χ3v) is 4.23. The van der Waals surface area contributed by atoms with Crippen LogP contribution in [0.4, 0.5) is 0 Å². The Morgan fingerprint density at radius 1 is 1.29 bits per heavy atom. The highest BCUT2D eigenvalue weighted by atomic mass is 79.9. The van der Waals surface area contributed by atoms with E-state index < -0.39 is 0 Å². The Hall–Kier alpha value is -0.0500. The molecule has 0 saturated heterocycles. The number of amides is 1. The van der Waals surface area contributed by atoms with Gasteiger partial charge in [-0.05, 0) is 39.0 Å². The molecular formula is C14H26BrNO. The molecule has 1 fully saturated rings. The third kappa shape index (κ3) is 5.41. The smallest absolute Gasteiger partial charge is 0.223 e. The zero-order chi connectivity index (χ0) is 12.7. The molecule has 0 atom stereocenters. The van der Waals surface area contributed by atoms with E-state index in [2.05, 4.69) is 34.7 Å². The normalized spacial score (nSPS) is 17.4. The van der Waals surface area contributed by atoms with Crippen molar-refractivity contribution in [3.63, 3.8) is 0 Å². The highest BCUT2D eigenvalue weighted by molar-refractivity contribution is 9.09. The fraction of sp³-hybridized carbons (Fsp3) is 0.929. The summed E-state index contributed by atoms with van der Waals surface area (Å²) in [5.74, 6) is 1.02. The molecular weight excluding hydrogens is 278 g/mol. The summed E-state index contributed by atoms with van der Waals surface area (Å²) in [6, 6.07) is 0.338. The fourth-order valence-corrected chi connectivity index (χ4v) is 2.91. The van der Waals surface area contributed by atoms with Crippen molar-refractivity contribution in [3.05, 3.63) is 0 Å². The summed E-state index contributed by atoms with van der Waals surface area (Å²) in [4.78, 5) is 14.3. The molecule has 0 radical (unpaired) electrons. The Kier molecular flexibility index (Phi) is 7.17. The van der Waals surface area contributed by atoms with Gasteiger partial charge in [-0.3, -0.25) is 4.79 Å². The van der Waals surface area contributed by atoms with Crippen LogP contribution in [0.25, 0.3) is 0 Å². The van der Waals surface area contributed by atoms with Crippen molar-refractivity contribution in [1.29, 1.82) is 0 Å². The lowest BCUT2D eigenvalue weighted by atomic mass is 9.86. The minimum Gasteiger partial charge on any atom is -0.340 e. The van der Waals surface area contributed by atoms with Crippen LogP contribution in [0, 0.1) is 5.92 Å². The molecule has 0 unspecified atom stereocenters. The van der Waals surface area contributed by atoms with Gasteiger partial charge in [0, 0.05) is 24.3 Å². The van der Waals surface area contributed by atoms with Crippen LogP contribution in [0.2, 0.25) is 0 Å². The van der Waals surface area contributed by atoms with E-state index in [4.69, 9.17) is 0 Å². The quantitative estimate of drug-likeness (QED) is 0.680. The van der Waals surface area contributed by atoms with E-state index >= 15 is 0 Å². The second-order valence-corrected chi connectivity index (χ2v) is 6.22. The number of halogens is 1. The van der Waals surface area contributed by atoms with Crippen LogP contribution in [0.5, 0.6) is 0 Å². The van der Waals surface area contributed by atoms with Crippen molar-refractivity contribution in [2.45, 2.75) is 64.8 Å². The summed E-state index contributed by atoms with van der Waals surface area (Å²) in [7, 11) is 0. The Bertz CT molecular complexity index is 224. The summed E-state index contributed by atoms with van der Waals surface area (Å²) in [6.07, 6.45) is 8.35. The van der Waals surface area contributed by atoms with Gasteiger partial charge in [0.25, 0.3) is 0 Å². The van der Waals surface area contributed by atoms with E-state index in [9.17, 15) is 4.79 Å². The van der Waals surface area contributed by atoms with E-state index in [-0.39, 0.29) is 0 Å². The first-order valence-electron chi connectivity index (χ1n) is 7.00. The number of carbonyl (C=O) groups excluding carboxylic acids is 1. The summed E-state index contributed by atoms with van der Waals surface area (Å²) >= 11 is 3.44. The minimum absolute atomic E-state index is 0.338. The molecule has 0 N–H and O–H groups in total. The predicted molar refractivity (Wildman–Crippen MR) is 76.5 cm³/mol. The van der Waals surface area contributed by atoms with Gasteiger partial charge in [-0.1, -0.05) is 35.2 Å². The van der Waals surface area contributed by atoms with Crippen molar-refractivity contribution in [2.24, 2.45) is 5.92 Å². The second kappa shape index (κ2) is 8.12. The van der Waals surface area contributed by atoms with Crippen molar-refractivity contribution < 1.29 is 4.79 Å². The number of hydrogen-bond acceptors (Lipinski definition) is 1. The molecule has 1 aliphatic rings. The lowest BCUT2D eigenvalue weighted by molar-refractivity contribution is -0.134. The van der Waals surface area contributed by atoms with Crippen LogP contribution < -0.4 is 0 Å². The summed E-state index contributed by atoms with van der Waals surface area (Å²) in [6.45, 7) is 5.13. The molecule has 1 amide bonds. The van der Waals surface area contributed by atoms with Crippen LogP contribution >= 0.6 is 15.9 Å². The fourth-order valence-electron chi connectivity index (χ4n) is 2.66. The number of hydrogen-bond donors (Lipinski definition) is 0. The van der Waals surface area contributed by atoms with Gasteiger partial charge in [-0.2, -0.15) is 0 Å². The molecule has 17 heavy (non-hydrogen) atoms. The van der Waals surface area contributed by atoms with Gasteiger partial charge < -0.3 is 4.90 Å². The van der Waals surface area contributed by atoms with Gasteiger partial charge in [0.1, 0.15) is 0 Å². The van der Waals surface area contributed by atoms with E-state index in [0.29, 0.717) is 17.9 Å². The van der Waals surface area contributed by atoms with E-state index in [1.165, 1.54) is 32.1 Å². The number of rotatable bonds is 6. The standard InChI is InChI=1S/C14H26BrNO/c1-12(2)16(10-6-9-15)14(17)11-13-7-4-3-5-8-13/h12-13H,3-11H2,1-2H3. The zero-order valence-corrected chi connectivity index (χ0v) is 12.8. The molecule has 1 rings (SSSR count). The maximum Gasteiger partial charge on any atom is 0.223 e. The van der Waals surface area contributed by atoms with Crippen LogP contribution in [0.1, 0.15) is 58.8 Å². The average molecular weight is 304 g/mol. The topological polar surface area (TPSA) is 20.3 Å². The van der Waals surface area contributed by atoms with Gasteiger partial charge in [0.15, 0.2) is 0 Å². The number of carbonyl (C=O) groups is 1. The van der Waals surface area contributed by atoms with Gasteiger partial charge in [-0.15, -0.1) is 0 Å². The molecule has 100 valence electrons. The average Bonchev–Trinajstić information content (AvgIpc) is 2.30. The highest BCUT2D eigenvalue weighted by Gasteiger charge is 2.22. The van der Waals surface area contributed by atoms with Gasteiger partial charge in [-0.25, -0.2) is 0 Å². The monoisotopic (exact) mass is 303 g/mol. The zero-order valence-electron chi connectivity index (χ0n) is 11.3. The molecule has 0 aliphatic heterocycles. The third-order valence-electron chi connectivity index (χ3n) is 3.66. The first-order chi connectivity index (χ1) is 8.15. The molecule has 2 nitrogen and oxygen atoms in total. The molecule has 3 heteroatoms. The molecule has 0 spiro atoms. The van der Waals surface area contributed by atoms with Gasteiger partial charge in [0.2, 0.25) is 5.91 Å². The molecule has 0 aromatic heterocycles. The highest BCUT2D eigenvalue weighted by Crippen LogP contribution is 2.27. The maximum absolute atomic E-state index is 12.3. The van der Waals surface area contributed by atoms with Crippen LogP contribution in [-0.2, 0) is 4.79 Å². The summed E-state index contributed by atoms with van der Waals surface area (Å²) in [5.41, 5.74) is 0. The van der Waals surface area contributed by atoms with Crippen LogP contribution in [0.15, 0.2) is 0 Å². The molecule has 0 heterocycles. The lowest BCUT2D eigenvalue weighted by Gasteiger charge is -2.29. The van der Waals surface area contributed by atoms with Gasteiger partial charge in [0.05, 0.1) is 0 Å². The second-order valence-electron chi connectivity index (χ2n) is 5.43. The van der Waals surface area contributed by atoms with Crippen molar-refractivity contribution in [2.75, 3.05) is 11.9 Å². The first kappa shape index (κ1) is 15.0. The van der Waals surface area contributed by atoms with E-state index in [1.807, 2.05) is 0 Å². The molecule has 0 aromatic carbocycles. The maximum atomic E-state index is 12.3. The summed E-state index contributed by atoms with van der Waals surface area (Å²) in [5, 5.41) is 0.979. The van der Waals surface area contributed by atoms with Crippen LogP contribution in [0.3, 0.4) is 0 Å². The Morgan fingerprint density at radius 2 is 1.94 bits per heavy atom. The first-order valence-corrected chi connectivity index (χ1v) is 8.12. The SMILES string of the molecule is CC(C)N(CCCBr)C(=O)CC1CCCCC1. The summed E-state index contributed by atoms with van der Waals surface area (Å²) < 4.78 is 0. The minimum atomic E-state index is 0.338. The number of nitrogens with zero attached hydrogens (tertiary/aromatic N) is 1.